The summed E-state index contributed by atoms with van der Waals surface area (Å²) < 4.78 is 25.4. The maximum Gasteiger partial charge on any atom is 0.162 e. The van der Waals surface area contributed by atoms with Crippen LogP contribution in [0.5, 0.6) is 0 Å². The summed E-state index contributed by atoms with van der Waals surface area (Å²) in [5.74, 6) is 1.57. The fourth-order valence-electron chi connectivity index (χ4n) is 4.78. The number of ether oxygens (including phenoxy) is 2. The normalized spacial score (nSPS) is 12.2. The summed E-state index contributed by atoms with van der Waals surface area (Å²) in [4.78, 5) is 18.4. The number of hydrogen-bond donors (Lipinski definition) is 0. The summed E-state index contributed by atoms with van der Waals surface area (Å²) in [7, 11) is -2.13. The molecule has 6 aromatic rings. The second kappa shape index (κ2) is 15.5. The van der Waals surface area contributed by atoms with Gasteiger partial charge in [-0.1, -0.05) is 39.3 Å². The van der Waals surface area contributed by atoms with E-state index in [1.54, 1.807) is 0 Å². The van der Waals surface area contributed by atoms with E-state index in [0.717, 1.165) is 78.8 Å². The third-order valence-corrected chi connectivity index (χ3v) is 13.2. The van der Waals surface area contributed by atoms with Crippen LogP contribution >= 0.6 is 39.0 Å². The van der Waals surface area contributed by atoms with Gasteiger partial charge in [0.15, 0.2) is 10.0 Å². The molecule has 48 heavy (non-hydrogen) atoms. The molecule has 6 heterocycles. The third-order valence-electron chi connectivity index (χ3n) is 7.54. The van der Waals surface area contributed by atoms with Crippen molar-refractivity contribution in [3.63, 3.8) is 0 Å². The van der Waals surface area contributed by atoms with Gasteiger partial charge in [0.05, 0.1) is 0 Å². The Morgan fingerprint density at radius 2 is 1.10 bits per heavy atom. The van der Waals surface area contributed by atoms with Gasteiger partial charge >= 0.3 is 0 Å². The molecule has 0 radical (unpaired) electrons. The molecular formula is C33H45BrN8O2S2Si2. The van der Waals surface area contributed by atoms with E-state index in [1.807, 2.05) is 36.7 Å². The van der Waals surface area contributed by atoms with Gasteiger partial charge in [-0.3, -0.25) is 0 Å². The summed E-state index contributed by atoms with van der Waals surface area (Å²) in [6.45, 7) is 22.7. The minimum atomic E-state index is -1.07. The second-order valence-corrected chi connectivity index (χ2v) is 28.0. The number of rotatable bonds is 12. The van der Waals surface area contributed by atoms with E-state index in [2.05, 4.69) is 104 Å². The van der Waals surface area contributed by atoms with E-state index in [4.69, 9.17) is 19.4 Å². The van der Waals surface area contributed by atoms with Crippen molar-refractivity contribution in [1.29, 1.82) is 0 Å². The Balaban J connectivity index is 0.000000188. The van der Waals surface area contributed by atoms with Crippen LogP contribution in [0.4, 0.5) is 0 Å². The van der Waals surface area contributed by atoms with Gasteiger partial charge in [-0.2, -0.15) is 8.75 Å². The van der Waals surface area contributed by atoms with Gasteiger partial charge < -0.3 is 18.6 Å². The van der Waals surface area contributed by atoms with Crippen molar-refractivity contribution in [2.75, 3.05) is 13.2 Å². The van der Waals surface area contributed by atoms with Gasteiger partial charge in [-0.15, -0.1) is 0 Å². The lowest BCUT2D eigenvalue weighted by Crippen LogP contribution is -2.22. The van der Waals surface area contributed by atoms with Crippen molar-refractivity contribution in [2.45, 2.75) is 85.6 Å². The molecule has 256 valence electrons. The maximum absolute atomic E-state index is 5.90. The zero-order valence-electron chi connectivity index (χ0n) is 29.3. The molecule has 6 rings (SSSR count). The van der Waals surface area contributed by atoms with Crippen LogP contribution in [-0.2, 0) is 22.9 Å². The van der Waals surface area contributed by atoms with Crippen LogP contribution in [0.15, 0.2) is 41.1 Å². The Morgan fingerprint density at radius 3 is 1.56 bits per heavy atom. The van der Waals surface area contributed by atoms with Gasteiger partial charge in [-0.05, 0) is 102 Å². The number of halogens is 1. The van der Waals surface area contributed by atoms with Crippen LogP contribution in [0.2, 0.25) is 51.4 Å². The molecule has 10 nitrogen and oxygen atoms in total. The topological polar surface area (TPSA) is 106 Å². The lowest BCUT2D eigenvalue weighted by atomic mass is 10.2. The standard InChI is InChI=1S/C17H24N4OSSi.C16H21BrN4OSSi/c1-12-10-21(11-22-8-9-24(3,4)5)16-14(12)6-7-15(19-16)17-18-13(2)20-23-17;1-11-18-16(23-20-11)14-6-5-12-13(17)9-21(15(12)19-14)10-22-7-8-24(2,3)4/h6-7,10H,8-9,11H2,1-5H3;5-6,9H,7-8,10H2,1-4H3. The van der Waals surface area contributed by atoms with Crippen LogP contribution in [0, 0.1) is 20.8 Å². The van der Waals surface area contributed by atoms with Crippen molar-refractivity contribution in [3.8, 4) is 21.4 Å². The first kappa shape index (κ1) is 36.6. The quantitative estimate of drug-likeness (QED) is 0.0893. The number of hydrogen-bond acceptors (Lipinski definition) is 10. The summed E-state index contributed by atoms with van der Waals surface area (Å²) in [6, 6.07) is 10.5. The molecule has 0 aliphatic rings. The number of aryl methyl sites for hydroxylation is 3. The number of fused-ring (bicyclic) bond motifs is 2. The SMILES string of the molecule is Cc1nsc(-c2ccc3c(Br)cn(COCC[Si](C)(C)C)c3n2)n1.Cc1nsc(-c2ccc3c(C)cn(COCC[Si](C)(C)C)c3n2)n1. The second-order valence-electron chi connectivity index (χ2n) is 14.4. The molecule has 0 unspecified atom stereocenters. The molecule has 0 bridgehead atoms. The highest BCUT2D eigenvalue weighted by molar-refractivity contribution is 9.10. The minimum Gasteiger partial charge on any atom is -0.361 e. The molecule has 0 N–H and O–H groups in total. The molecule has 0 atom stereocenters. The van der Waals surface area contributed by atoms with Crippen molar-refractivity contribution in [3.05, 3.63) is 58.3 Å². The van der Waals surface area contributed by atoms with E-state index in [1.165, 1.54) is 34.7 Å². The Kier molecular flexibility index (Phi) is 11.8. The molecule has 0 amide bonds. The summed E-state index contributed by atoms with van der Waals surface area (Å²) >= 11 is 6.37. The molecular weight excluding hydrogens is 741 g/mol. The van der Waals surface area contributed by atoms with Crippen LogP contribution in [-0.4, -0.2) is 67.2 Å². The van der Waals surface area contributed by atoms with Crippen molar-refractivity contribution in [1.82, 2.24) is 37.8 Å². The molecule has 15 heteroatoms. The van der Waals surface area contributed by atoms with E-state index >= 15 is 0 Å². The number of aromatic nitrogens is 8. The van der Waals surface area contributed by atoms with Crippen LogP contribution < -0.4 is 0 Å². The lowest BCUT2D eigenvalue weighted by molar-refractivity contribution is 0.0897. The highest BCUT2D eigenvalue weighted by Gasteiger charge is 2.16. The fourth-order valence-corrected chi connectivity index (χ4v) is 8.13. The molecule has 0 saturated heterocycles. The Hall–Kier alpha value is -2.67. The van der Waals surface area contributed by atoms with E-state index in [-0.39, 0.29) is 0 Å². The predicted molar refractivity (Wildman–Crippen MR) is 207 cm³/mol. The first-order valence-electron chi connectivity index (χ1n) is 16.1. The average molecular weight is 786 g/mol. The van der Waals surface area contributed by atoms with E-state index in [9.17, 15) is 0 Å². The average Bonchev–Trinajstić information content (AvgIpc) is 3.79. The van der Waals surface area contributed by atoms with Crippen LogP contribution in [0.25, 0.3) is 43.5 Å². The lowest BCUT2D eigenvalue weighted by Gasteiger charge is -2.15. The predicted octanol–water partition coefficient (Wildman–Crippen LogP) is 9.42. The molecule has 0 aromatic carbocycles. The largest absolute Gasteiger partial charge is 0.361 e. The highest BCUT2D eigenvalue weighted by atomic mass is 79.9. The minimum absolute atomic E-state index is 0.512. The van der Waals surface area contributed by atoms with Crippen LogP contribution in [0.3, 0.4) is 0 Å². The maximum atomic E-state index is 5.90. The Morgan fingerprint density at radius 1 is 0.646 bits per heavy atom. The zero-order valence-corrected chi connectivity index (χ0v) is 34.5. The Labute approximate surface area is 301 Å². The monoisotopic (exact) mass is 784 g/mol. The molecule has 0 saturated carbocycles. The van der Waals surface area contributed by atoms with Crippen LogP contribution in [0.1, 0.15) is 17.2 Å². The zero-order chi connectivity index (χ0) is 34.6. The molecule has 6 aromatic heterocycles. The van der Waals surface area contributed by atoms with Gasteiger partial charge in [0.2, 0.25) is 0 Å². The van der Waals surface area contributed by atoms with Gasteiger partial charge in [0.25, 0.3) is 0 Å². The van der Waals surface area contributed by atoms with Gasteiger partial charge in [-0.25, -0.2) is 19.9 Å². The van der Waals surface area contributed by atoms with Crippen molar-refractivity contribution in [2.24, 2.45) is 0 Å². The van der Waals surface area contributed by atoms with Gasteiger partial charge in [0.1, 0.15) is 47.8 Å². The number of nitrogens with zero attached hydrogens (tertiary/aromatic N) is 8. The molecule has 0 spiro atoms. The van der Waals surface area contributed by atoms with Crippen molar-refractivity contribution >= 4 is 77.2 Å². The summed E-state index contributed by atoms with van der Waals surface area (Å²) in [5, 5.41) is 3.94. The molecule has 0 fully saturated rings. The fraction of sp³-hybridized carbons (Fsp3) is 0.455. The summed E-state index contributed by atoms with van der Waals surface area (Å²) in [6.07, 6.45) is 4.14. The third kappa shape index (κ3) is 9.73. The first-order valence-corrected chi connectivity index (χ1v) is 25.8. The first-order chi connectivity index (χ1) is 22.7. The van der Waals surface area contributed by atoms with Crippen molar-refractivity contribution < 1.29 is 9.47 Å². The molecule has 0 aliphatic carbocycles. The van der Waals surface area contributed by atoms with Gasteiger partial charge in [0, 0.05) is 57.0 Å². The van der Waals surface area contributed by atoms with E-state index < -0.39 is 16.1 Å². The smallest absolute Gasteiger partial charge is 0.162 e. The Bertz CT molecular complexity index is 1850. The van der Waals surface area contributed by atoms with E-state index in [0.29, 0.717) is 13.5 Å². The highest BCUT2D eigenvalue weighted by Crippen LogP contribution is 2.29. The molecule has 0 aliphatic heterocycles. The number of pyridine rings is 2. The summed E-state index contributed by atoms with van der Waals surface area (Å²) in [5.41, 5.74) is 4.79.